The third-order valence-corrected chi connectivity index (χ3v) is 2.57. The third-order valence-electron chi connectivity index (χ3n) is 1.52. The molecule has 0 saturated carbocycles. The average Bonchev–Trinajstić information content (AvgIpc) is 2.48. The predicted octanol–water partition coefficient (Wildman–Crippen LogP) is 2.25. The van der Waals surface area contributed by atoms with E-state index in [0.29, 0.717) is 6.04 Å². The van der Waals surface area contributed by atoms with Crippen molar-refractivity contribution in [3.05, 3.63) is 17.0 Å². The topological polar surface area (TPSA) is 21.3 Å². The maximum Gasteiger partial charge on any atom is 0.173 e. The van der Waals surface area contributed by atoms with Gasteiger partial charge in [-0.3, -0.25) is 0 Å². The molecular formula is C9H15NOS. The van der Waals surface area contributed by atoms with E-state index in [1.165, 1.54) is 4.88 Å². The highest BCUT2D eigenvalue weighted by molar-refractivity contribution is 7.13. The van der Waals surface area contributed by atoms with Gasteiger partial charge in [-0.15, -0.1) is 11.3 Å². The normalized spacial score (nSPS) is 10.7. The summed E-state index contributed by atoms with van der Waals surface area (Å²) in [7, 11) is 1.70. The van der Waals surface area contributed by atoms with E-state index < -0.39 is 0 Å². The molecule has 0 bridgehead atoms. The standard InChI is InChI=1S/C9H15NOS/c1-7(2)10-6-8-4-5-9(11-3)12-8/h4-5,7,10H,6H2,1-3H3. The van der Waals surface area contributed by atoms with Crippen LogP contribution in [0.25, 0.3) is 0 Å². The van der Waals surface area contributed by atoms with Crippen molar-refractivity contribution in [2.45, 2.75) is 26.4 Å². The fourth-order valence-corrected chi connectivity index (χ4v) is 1.64. The quantitative estimate of drug-likeness (QED) is 0.777. The summed E-state index contributed by atoms with van der Waals surface area (Å²) >= 11 is 1.69. The molecule has 0 amide bonds. The van der Waals surface area contributed by atoms with Gasteiger partial charge >= 0.3 is 0 Å². The van der Waals surface area contributed by atoms with Crippen molar-refractivity contribution in [3.63, 3.8) is 0 Å². The van der Waals surface area contributed by atoms with Gasteiger partial charge in [-0.25, -0.2) is 0 Å². The van der Waals surface area contributed by atoms with Crippen molar-refractivity contribution in [2.24, 2.45) is 0 Å². The van der Waals surface area contributed by atoms with Crippen molar-refractivity contribution in [2.75, 3.05) is 7.11 Å². The molecule has 0 spiro atoms. The molecule has 1 aromatic rings. The van der Waals surface area contributed by atoms with Crippen LogP contribution in [0.3, 0.4) is 0 Å². The summed E-state index contributed by atoms with van der Waals surface area (Å²) in [5.41, 5.74) is 0. The Morgan fingerprint density at radius 1 is 1.50 bits per heavy atom. The Kier molecular flexibility index (Phi) is 3.56. The molecule has 0 aliphatic rings. The van der Waals surface area contributed by atoms with Gasteiger partial charge in [0.15, 0.2) is 5.06 Å². The first kappa shape index (κ1) is 9.55. The van der Waals surface area contributed by atoms with Gasteiger partial charge in [-0.2, -0.15) is 0 Å². The summed E-state index contributed by atoms with van der Waals surface area (Å²) in [6.07, 6.45) is 0. The molecule has 68 valence electrons. The van der Waals surface area contributed by atoms with E-state index in [4.69, 9.17) is 4.74 Å². The van der Waals surface area contributed by atoms with Crippen molar-refractivity contribution in [1.82, 2.24) is 5.32 Å². The lowest BCUT2D eigenvalue weighted by Gasteiger charge is -2.04. The van der Waals surface area contributed by atoms with Gasteiger partial charge in [0, 0.05) is 17.5 Å². The monoisotopic (exact) mass is 185 g/mol. The lowest BCUT2D eigenvalue weighted by molar-refractivity contribution is 0.427. The third kappa shape index (κ3) is 2.83. The first-order valence-electron chi connectivity index (χ1n) is 4.08. The van der Waals surface area contributed by atoms with Crippen molar-refractivity contribution in [1.29, 1.82) is 0 Å². The summed E-state index contributed by atoms with van der Waals surface area (Å²) in [5, 5.41) is 4.34. The van der Waals surface area contributed by atoms with E-state index in [0.717, 1.165) is 11.6 Å². The zero-order valence-corrected chi connectivity index (χ0v) is 8.57. The van der Waals surface area contributed by atoms with Crippen LogP contribution in [0.15, 0.2) is 12.1 Å². The maximum absolute atomic E-state index is 5.09. The van der Waals surface area contributed by atoms with Gasteiger partial charge in [0.1, 0.15) is 0 Å². The Hall–Kier alpha value is -0.540. The van der Waals surface area contributed by atoms with E-state index in [1.807, 2.05) is 6.07 Å². The molecule has 12 heavy (non-hydrogen) atoms. The van der Waals surface area contributed by atoms with Crippen LogP contribution >= 0.6 is 11.3 Å². The molecule has 0 unspecified atom stereocenters. The second kappa shape index (κ2) is 4.48. The number of hydrogen-bond donors (Lipinski definition) is 1. The van der Waals surface area contributed by atoms with Crippen LogP contribution in [0.1, 0.15) is 18.7 Å². The Morgan fingerprint density at radius 2 is 2.25 bits per heavy atom. The van der Waals surface area contributed by atoms with Crippen molar-refractivity contribution >= 4 is 11.3 Å². The van der Waals surface area contributed by atoms with E-state index in [2.05, 4.69) is 25.2 Å². The van der Waals surface area contributed by atoms with Crippen LogP contribution in [0.5, 0.6) is 5.06 Å². The number of thiophene rings is 1. The Morgan fingerprint density at radius 3 is 2.75 bits per heavy atom. The molecule has 0 radical (unpaired) electrons. The minimum Gasteiger partial charge on any atom is -0.487 e. The summed E-state index contributed by atoms with van der Waals surface area (Å²) < 4.78 is 5.09. The number of nitrogens with one attached hydrogen (secondary N) is 1. The smallest absolute Gasteiger partial charge is 0.173 e. The SMILES string of the molecule is COc1ccc(CNC(C)C)s1. The second-order valence-electron chi connectivity index (χ2n) is 2.96. The van der Waals surface area contributed by atoms with Crippen LogP contribution in [0.2, 0.25) is 0 Å². The second-order valence-corrected chi connectivity index (χ2v) is 4.09. The van der Waals surface area contributed by atoms with E-state index in [-0.39, 0.29) is 0 Å². The number of methoxy groups -OCH3 is 1. The number of hydrogen-bond acceptors (Lipinski definition) is 3. The molecule has 0 saturated heterocycles. The van der Waals surface area contributed by atoms with Crippen LogP contribution in [0.4, 0.5) is 0 Å². The molecule has 3 heteroatoms. The zero-order chi connectivity index (χ0) is 8.97. The van der Waals surface area contributed by atoms with Gasteiger partial charge in [-0.05, 0) is 12.1 Å². The molecular weight excluding hydrogens is 170 g/mol. The van der Waals surface area contributed by atoms with Crippen molar-refractivity contribution in [3.8, 4) is 5.06 Å². The molecule has 2 nitrogen and oxygen atoms in total. The molecule has 1 aromatic heterocycles. The van der Waals surface area contributed by atoms with Gasteiger partial charge in [0.2, 0.25) is 0 Å². The minimum absolute atomic E-state index is 0.540. The summed E-state index contributed by atoms with van der Waals surface area (Å²) in [4.78, 5) is 1.32. The van der Waals surface area contributed by atoms with Gasteiger partial charge in [-0.1, -0.05) is 13.8 Å². The number of ether oxygens (including phenoxy) is 1. The minimum atomic E-state index is 0.540. The zero-order valence-electron chi connectivity index (χ0n) is 7.76. The molecule has 0 aromatic carbocycles. The molecule has 1 heterocycles. The van der Waals surface area contributed by atoms with Gasteiger partial charge < -0.3 is 10.1 Å². The Labute approximate surface area is 77.6 Å². The Bertz CT molecular complexity index is 232. The average molecular weight is 185 g/mol. The fourth-order valence-electron chi connectivity index (χ4n) is 0.868. The fraction of sp³-hybridized carbons (Fsp3) is 0.556. The first-order valence-corrected chi connectivity index (χ1v) is 4.90. The lowest BCUT2D eigenvalue weighted by atomic mass is 10.4. The highest BCUT2D eigenvalue weighted by Crippen LogP contribution is 2.23. The van der Waals surface area contributed by atoms with Crippen LogP contribution in [-0.4, -0.2) is 13.2 Å². The number of rotatable bonds is 4. The van der Waals surface area contributed by atoms with E-state index in [9.17, 15) is 0 Å². The van der Waals surface area contributed by atoms with E-state index in [1.54, 1.807) is 18.4 Å². The highest BCUT2D eigenvalue weighted by atomic mass is 32.1. The summed E-state index contributed by atoms with van der Waals surface area (Å²) in [6.45, 7) is 5.22. The highest BCUT2D eigenvalue weighted by Gasteiger charge is 1.99. The molecule has 0 fully saturated rings. The molecule has 0 atom stereocenters. The van der Waals surface area contributed by atoms with Gasteiger partial charge in [0.25, 0.3) is 0 Å². The van der Waals surface area contributed by atoms with Crippen LogP contribution in [0, 0.1) is 0 Å². The molecule has 0 aliphatic carbocycles. The molecule has 1 N–H and O–H groups in total. The van der Waals surface area contributed by atoms with Crippen LogP contribution < -0.4 is 10.1 Å². The summed E-state index contributed by atoms with van der Waals surface area (Å²) in [6, 6.07) is 4.64. The largest absolute Gasteiger partial charge is 0.487 e. The summed E-state index contributed by atoms with van der Waals surface area (Å²) in [5.74, 6) is 0. The Balaban J connectivity index is 2.41. The van der Waals surface area contributed by atoms with E-state index >= 15 is 0 Å². The lowest BCUT2D eigenvalue weighted by Crippen LogP contribution is -2.21. The van der Waals surface area contributed by atoms with Crippen molar-refractivity contribution < 1.29 is 4.74 Å². The van der Waals surface area contributed by atoms with Gasteiger partial charge in [0.05, 0.1) is 7.11 Å². The molecule has 0 aliphatic heterocycles. The predicted molar refractivity (Wildman–Crippen MR) is 52.8 cm³/mol. The molecule has 1 rings (SSSR count). The maximum atomic E-state index is 5.09. The first-order chi connectivity index (χ1) is 5.72. The van der Waals surface area contributed by atoms with Crippen LogP contribution in [-0.2, 0) is 6.54 Å².